The Morgan fingerprint density at radius 2 is 1.57 bits per heavy atom. The lowest BCUT2D eigenvalue weighted by Crippen LogP contribution is -2.62. The van der Waals surface area contributed by atoms with Crippen LogP contribution in [0.4, 0.5) is 8.78 Å². The van der Waals surface area contributed by atoms with Gasteiger partial charge < -0.3 is 51.1 Å². The highest BCUT2D eigenvalue weighted by molar-refractivity contribution is 7.52. The van der Waals surface area contributed by atoms with Crippen LogP contribution in [0, 0.1) is 17.8 Å². The van der Waals surface area contributed by atoms with Gasteiger partial charge in [-0.15, -0.1) is 11.3 Å². The Morgan fingerprint density at radius 3 is 2.24 bits per heavy atom. The van der Waals surface area contributed by atoms with E-state index in [4.69, 9.17) is 5.73 Å². The number of nitrogens with one attached hydrogen (secondary N) is 4. The molecule has 0 saturated carbocycles. The molecule has 0 radical (unpaired) electrons. The molecular weight excluding hydrogens is 1180 g/mol. The Bertz CT molecular complexity index is 3570. The lowest BCUT2D eigenvalue weighted by molar-refractivity contribution is -0.145. The van der Waals surface area contributed by atoms with Crippen molar-refractivity contribution in [3.63, 3.8) is 0 Å². The molecule has 0 aliphatic carbocycles. The maximum absolute atomic E-state index is 14.8. The maximum Gasteiger partial charge on any atom is 0.399 e. The summed E-state index contributed by atoms with van der Waals surface area (Å²) >= 11 is 0.863. The van der Waals surface area contributed by atoms with Crippen molar-refractivity contribution in [2.24, 2.45) is 11.7 Å². The number of benzene rings is 3. The zero-order valence-corrected chi connectivity index (χ0v) is 51.0. The van der Waals surface area contributed by atoms with E-state index in [2.05, 4.69) is 53.9 Å². The van der Waals surface area contributed by atoms with Crippen LogP contribution in [-0.4, -0.2) is 151 Å². The van der Waals surface area contributed by atoms with Gasteiger partial charge in [-0.1, -0.05) is 69.0 Å². The van der Waals surface area contributed by atoms with Crippen LogP contribution in [-0.2, 0) is 67.0 Å². The van der Waals surface area contributed by atoms with Gasteiger partial charge in [0.25, 0.3) is 11.8 Å². The Hall–Kier alpha value is -7.91. The first-order valence-corrected chi connectivity index (χ1v) is 31.9. The number of hydrogen-bond donors (Lipinski definition) is 7. The molecule has 4 saturated heterocycles. The summed E-state index contributed by atoms with van der Waals surface area (Å²) in [6.45, 7) is 8.32. The molecule has 6 heterocycles. The summed E-state index contributed by atoms with van der Waals surface area (Å²) in [5.74, 6) is 0.964. The summed E-state index contributed by atoms with van der Waals surface area (Å²) in [5, 5.41) is 10.7. The number of nitrogens with zero attached hydrogens (tertiary/aromatic N) is 4. The molecule has 0 bridgehead atoms. The van der Waals surface area contributed by atoms with Gasteiger partial charge in [0.2, 0.25) is 47.3 Å². The highest BCUT2D eigenvalue weighted by Gasteiger charge is 2.51. The first-order chi connectivity index (χ1) is 41.6. The lowest BCUT2D eigenvalue weighted by atomic mass is 9.86. The van der Waals surface area contributed by atoms with Crippen molar-refractivity contribution in [2.75, 3.05) is 26.2 Å². The number of piperidine rings is 2. The van der Waals surface area contributed by atoms with Crippen molar-refractivity contribution >= 4 is 88.1 Å². The second kappa shape index (κ2) is 26.4. The molecule has 4 fully saturated rings. The third kappa shape index (κ3) is 14.5. The van der Waals surface area contributed by atoms with Crippen molar-refractivity contribution in [3.8, 4) is 11.8 Å². The number of carbonyl (C=O) groups is 10. The van der Waals surface area contributed by atoms with Crippen molar-refractivity contribution in [1.29, 1.82) is 0 Å². The number of nitrogens with two attached hydrogens (primary N) is 1. The van der Waals surface area contributed by atoms with Gasteiger partial charge in [-0.05, 0) is 115 Å². The number of imide groups is 1. The van der Waals surface area contributed by atoms with E-state index in [1.807, 2.05) is 30.3 Å². The number of thiophene rings is 1. The molecule has 0 spiro atoms. The van der Waals surface area contributed by atoms with Crippen LogP contribution in [0.3, 0.4) is 0 Å². The normalized spacial score (nSPS) is 20.9. The topological polar surface area (TPSA) is 315 Å². The second-order valence-electron chi connectivity index (χ2n) is 24.3. The number of amides is 10. The molecule has 10 amide bonds. The molecule has 88 heavy (non-hydrogen) atoms. The van der Waals surface area contributed by atoms with Crippen molar-refractivity contribution < 1.29 is 71.1 Å². The molecule has 5 aliphatic rings. The Kier molecular flexibility index (Phi) is 19.4. The van der Waals surface area contributed by atoms with Gasteiger partial charge in [0.15, 0.2) is 0 Å². The fourth-order valence-corrected chi connectivity index (χ4v) is 13.7. The Morgan fingerprint density at radius 1 is 0.864 bits per heavy atom. The number of rotatable bonds is 17. The number of fused-ring (bicyclic) bond motifs is 3. The first kappa shape index (κ1) is 64.6. The summed E-state index contributed by atoms with van der Waals surface area (Å²) in [7, 11) is -5.91. The number of likely N-dealkylation sites (tertiary alicyclic amines) is 1. The third-order valence-corrected chi connectivity index (χ3v) is 19.4. The van der Waals surface area contributed by atoms with Crippen molar-refractivity contribution in [2.45, 2.75) is 159 Å². The van der Waals surface area contributed by atoms with Crippen LogP contribution >= 0.6 is 18.9 Å². The molecule has 8 N–H and O–H groups in total. The molecule has 9 rings (SSSR count). The van der Waals surface area contributed by atoms with Crippen LogP contribution < -0.4 is 27.0 Å². The molecule has 5 aliphatic heterocycles. The zero-order valence-electron chi connectivity index (χ0n) is 49.3. The van der Waals surface area contributed by atoms with E-state index in [0.717, 1.165) is 46.6 Å². The number of carbonyl (C=O) groups excluding carboxylic acids is 10. The minimum atomic E-state index is -5.91. The average Bonchev–Trinajstić information content (AvgIpc) is 1.99. The van der Waals surface area contributed by atoms with Crippen LogP contribution in [0.5, 0.6) is 0 Å². The molecular formula is C62H72F2N9O13PS. The fourth-order valence-electron chi connectivity index (χ4n) is 12.2. The predicted molar refractivity (Wildman–Crippen MR) is 319 cm³/mol. The summed E-state index contributed by atoms with van der Waals surface area (Å²) in [4.78, 5) is 160. The fraction of sp³-hybridized carbons (Fsp3) is 0.484. The second-order valence-corrected chi connectivity index (χ2v) is 27.1. The van der Waals surface area contributed by atoms with Crippen molar-refractivity contribution in [3.05, 3.63) is 105 Å². The largest absolute Gasteiger partial charge is 0.399 e. The van der Waals surface area contributed by atoms with Gasteiger partial charge in [0.1, 0.15) is 30.2 Å². The van der Waals surface area contributed by atoms with Gasteiger partial charge in [0, 0.05) is 92.8 Å². The van der Waals surface area contributed by atoms with E-state index in [1.54, 1.807) is 17.0 Å². The van der Waals surface area contributed by atoms with E-state index in [9.17, 15) is 71.1 Å². The van der Waals surface area contributed by atoms with E-state index < -0.39 is 96.4 Å². The average molecular weight is 1250 g/mol. The predicted octanol–water partition coefficient (Wildman–Crippen LogP) is 4.45. The van der Waals surface area contributed by atoms with E-state index in [1.165, 1.54) is 33.8 Å². The summed E-state index contributed by atoms with van der Waals surface area (Å²) in [6, 6.07) is 10.6. The minimum Gasteiger partial charge on any atom is -0.370 e. The molecule has 3 aromatic carbocycles. The van der Waals surface area contributed by atoms with Crippen LogP contribution in [0.1, 0.15) is 146 Å². The van der Waals surface area contributed by atoms with Gasteiger partial charge in [0.05, 0.1) is 4.88 Å². The number of primary amides is 1. The molecule has 22 nitrogen and oxygen atoms in total. The lowest BCUT2D eigenvalue weighted by Gasteiger charge is -2.38. The maximum atomic E-state index is 14.8. The van der Waals surface area contributed by atoms with Crippen LogP contribution in [0.25, 0.3) is 10.1 Å². The Balaban J connectivity index is 0.872. The first-order valence-electron chi connectivity index (χ1n) is 29.5. The molecule has 6 atom stereocenters. The summed E-state index contributed by atoms with van der Waals surface area (Å²) in [5.41, 5.74) is 3.63. The Labute approximate surface area is 511 Å². The summed E-state index contributed by atoms with van der Waals surface area (Å²) in [6.07, 6.45) is 3.12. The highest BCUT2D eigenvalue weighted by atomic mass is 32.1. The minimum absolute atomic E-state index is 0.0507. The molecule has 1 aromatic heterocycles. The van der Waals surface area contributed by atoms with Gasteiger partial charge >= 0.3 is 13.3 Å². The highest BCUT2D eigenvalue weighted by Crippen LogP contribution is 2.59. The van der Waals surface area contributed by atoms with Crippen LogP contribution in [0.15, 0.2) is 66.7 Å². The van der Waals surface area contributed by atoms with Gasteiger partial charge in [-0.3, -0.25) is 57.8 Å². The number of alkyl halides is 2. The molecule has 468 valence electrons. The molecule has 1 unspecified atom stereocenters. The molecule has 26 heteroatoms. The van der Waals surface area contributed by atoms with Gasteiger partial charge in [-0.25, -0.2) is 0 Å². The standard InChI is InChI=1S/C62H72F2N9O13PS/c1-35(74)71-29-26-42-17-19-49(73(42)60(83)47(34-71)68-57(80)51-32-39-31-41(16-21-50(39)88-51)62(63,64)87(84,85)86)56(79)66-45(18-22-52(65)75)54(77)67-46(30-37-12-14-40(15-13-37)61(2,3)4)59(82)70-27-24-36(25-28-70)8-5-6-9-38-10-7-11-43-44(38)33-72(58(43)81)48-20-23-53(76)69-55(48)78/h7,10-16,21,31-32,36,42,45-49H,5,8,17-20,22-30,33-34H2,1-4H3,(H2,65,75)(H,66,79)(H,67,77)(H,68,80)(H,69,76,78)(H2,84,85,86)/t42-,45+,46+,47+,48?,49+/m1/s1. The zero-order chi connectivity index (χ0) is 63.6. The number of hydrogen-bond acceptors (Lipinski definition) is 12. The van der Waals surface area contributed by atoms with Gasteiger partial charge in [-0.2, -0.15) is 8.78 Å². The van der Waals surface area contributed by atoms with E-state index in [-0.39, 0.29) is 104 Å². The summed E-state index contributed by atoms with van der Waals surface area (Å²) < 4.78 is 41.2. The molecule has 4 aromatic rings. The number of halogens is 2. The SMILES string of the molecule is CC(=O)N1CC[C@H]2CC[C@@H](C(=O)N[C@@H](CCC(N)=O)C(=O)N[C@@H](Cc3ccc(C(C)(C)C)cc3)C(=O)N3CCC(CCC#Cc4cccc5c4CN(C4CCC(=O)NC4=O)C5=O)CC3)N2C(=O)[C@@H](NC(=O)c2cc3cc(C(F)(F)P(=O)(O)O)ccc3s2)C1. The monoisotopic (exact) mass is 1250 g/mol. The van der Waals surface area contributed by atoms with E-state index in [0.29, 0.717) is 54.6 Å². The van der Waals surface area contributed by atoms with Crippen LogP contribution in [0.2, 0.25) is 0 Å². The quantitative estimate of drug-likeness (QED) is 0.0437. The third-order valence-electron chi connectivity index (χ3n) is 17.3. The van der Waals surface area contributed by atoms with E-state index >= 15 is 0 Å². The smallest absolute Gasteiger partial charge is 0.370 e. The van der Waals surface area contributed by atoms with Crippen molar-refractivity contribution in [1.82, 2.24) is 40.9 Å².